The van der Waals surface area contributed by atoms with E-state index in [2.05, 4.69) is 5.32 Å². The minimum Gasteiger partial charge on any atom is -0.285 e. The molecule has 2 aliphatic rings. The van der Waals surface area contributed by atoms with Crippen LogP contribution in [0.15, 0.2) is 0 Å². The Labute approximate surface area is 48.3 Å². The SMILES string of the molecule is FC12CCC(CN1)C2. The first-order valence-corrected chi connectivity index (χ1v) is 3.22. The van der Waals surface area contributed by atoms with E-state index < -0.39 is 5.79 Å². The third-order valence-electron chi connectivity index (χ3n) is 2.27. The van der Waals surface area contributed by atoms with E-state index in [9.17, 15) is 4.39 Å². The van der Waals surface area contributed by atoms with Crippen molar-refractivity contribution in [2.75, 3.05) is 6.54 Å². The van der Waals surface area contributed by atoms with E-state index in [1.807, 2.05) is 0 Å². The molecule has 0 aromatic carbocycles. The van der Waals surface area contributed by atoms with Crippen LogP contribution in [0.4, 0.5) is 4.39 Å². The Hall–Kier alpha value is -0.110. The van der Waals surface area contributed by atoms with Crippen molar-refractivity contribution in [2.24, 2.45) is 5.92 Å². The van der Waals surface area contributed by atoms with Gasteiger partial charge in [-0.3, -0.25) is 5.32 Å². The maximum atomic E-state index is 13.0. The average Bonchev–Trinajstić information content (AvgIpc) is 2.21. The molecule has 1 N–H and O–H groups in total. The van der Waals surface area contributed by atoms with Crippen molar-refractivity contribution in [3.05, 3.63) is 0 Å². The molecule has 2 rings (SSSR count). The molecular formula is C6H10FN. The van der Waals surface area contributed by atoms with E-state index in [0.717, 1.165) is 25.8 Å². The summed E-state index contributed by atoms with van der Waals surface area (Å²) >= 11 is 0. The molecule has 2 bridgehead atoms. The summed E-state index contributed by atoms with van der Waals surface area (Å²) in [6.07, 6.45) is 2.62. The van der Waals surface area contributed by atoms with E-state index in [1.165, 1.54) is 0 Å². The standard InChI is InChI=1S/C6H10FN/c7-6-2-1-5(3-6)4-8-6/h5,8H,1-4H2. The number of hydrogen-bond acceptors (Lipinski definition) is 1. The Morgan fingerprint density at radius 2 is 2.50 bits per heavy atom. The molecule has 1 heterocycles. The highest BCUT2D eigenvalue weighted by atomic mass is 19.1. The van der Waals surface area contributed by atoms with Gasteiger partial charge in [0, 0.05) is 6.54 Å². The Kier molecular flexibility index (Phi) is 0.734. The molecule has 2 atom stereocenters. The van der Waals surface area contributed by atoms with Crippen LogP contribution in [0.1, 0.15) is 19.3 Å². The van der Waals surface area contributed by atoms with Crippen molar-refractivity contribution < 1.29 is 4.39 Å². The molecule has 1 nitrogen and oxygen atoms in total. The molecular weight excluding hydrogens is 105 g/mol. The van der Waals surface area contributed by atoms with Crippen LogP contribution in [0.25, 0.3) is 0 Å². The molecule has 0 aromatic rings. The van der Waals surface area contributed by atoms with Crippen LogP contribution in [0.5, 0.6) is 0 Å². The van der Waals surface area contributed by atoms with Gasteiger partial charge in [0.25, 0.3) is 0 Å². The fourth-order valence-electron chi connectivity index (χ4n) is 1.76. The Bertz CT molecular complexity index is 105. The molecule has 2 fully saturated rings. The first kappa shape index (κ1) is 4.74. The number of rotatable bonds is 0. The van der Waals surface area contributed by atoms with Gasteiger partial charge < -0.3 is 0 Å². The molecule has 0 amide bonds. The zero-order valence-electron chi connectivity index (χ0n) is 4.78. The number of nitrogens with one attached hydrogen (secondary N) is 1. The predicted octanol–water partition coefficient (Wildman–Crippen LogP) is 1.06. The van der Waals surface area contributed by atoms with Crippen LogP contribution in [0.2, 0.25) is 0 Å². The maximum absolute atomic E-state index is 13.0. The van der Waals surface area contributed by atoms with E-state index in [1.54, 1.807) is 0 Å². The van der Waals surface area contributed by atoms with Crippen molar-refractivity contribution in [1.82, 2.24) is 5.32 Å². The van der Waals surface area contributed by atoms with E-state index in [4.69, 9.17) is 0 Å². The zero-order valence-corrected chi connectivity index (χ0v) is 4.78. The minimum atomic E-state index is -0.940. The first-order valence-electron chi connectivity index (χ1n) is 3.22. The molecule has 0 aromatic heterocycles. The third kappa shape index (κ3) is 0.494. The summed E-state index contributed by atoms with van der Waals surface area (Å²) in [5.41, 5.74) is 0. The average molecular weight is 115 g/mol. The van der Waals surface area contributed by atoms with Gasteiger partial charge in [0.05, 0.1) is 0 Å². The van der Waals surface area contributed by atoms with Crippen molar-refractivity contribution >= 4 is 0 Å². The second kappa shape index (κ2) is 1.24. The second-order valence-corrected chi connectivity index (χ2v) is 2.96. The van der Waals surface area contributed by atoms with Gasteiger partial charge in [-0.05, 0) is 25.2 Å². The summed E-state index contributed by atoms with van der Waals surface area (Å²) in [5.74, 6) is -0.287. The molecule has 1 saturated heterocycles. The van der Waals surface area contributed by atoms with Gasteiger partial charge in [-0.25, -0.2) is 4.39 Å². The summed E-state index contributed by atoms with van der Waals surface area (Å²) in [4.78, 5) is 0. The number of hydrogen-bond donors (Lipinski definition) is 1. The maximum Gasteiger partial charge on any atom is 0.162 e. The lowest BCUT2D eigenvalue weighted by atomic mass is 10.1. The molecule has 0 radical (unpaired) electrons. The normalized spacial score (nSPS) is 52.9. The molecule has 2 unspecified atom stereocenters. The highest BCUT2D eigenvalue weighted by molar-refractivity contribution is 4.95. The zero-order chi connectivity index (χ0) is 5.61. The van der Waals surface area contributed by atoms with Gasteiger partial charge in [-0.1, -0.05) is 0 Å². The van der Waals surface area contributed by atoms with E-state index in [-0.39, 0.29) is 0 Å². The van der Waals surface area contributed by atoms with Crippen LogP contribution in [0, 0.1) is 5.92 Å². The molecule has 2 heteroatoms. The van der Waals surface area contributed by atoms with Gasteiger partial charge in [-0.2, -0.15) is 0 Å². The van der Waals surface area contributed by atoms with Crippen molar-refractivity contribution in [3.63, 3.8) is 0 Å². The fraction of sp³-hybridized carbons (Fsp3) is 1.00. The lowest BCUT2D eigenvalue weighted by molar-refractivity contribution is 0.145. The lowest BCUT2D eigenvalue weighted by Crippen LogP contribution is -2.34. The van der Waals surface area contributed by atoms with Gasteiger partial charge in [0.15, 0.2) is 5.79 Å². The molecule has 8 heavy (non-hydrogen) atoms. The molecule has 46 valence electrons. The fourth-order valence-corrected chi connectivity index (χ4v) is 1.76. The summed E-state index contributed by atoms with van der Waals surface area (Å²) in [7, 11) is 0. The van der Waals surface area contributed by atoms with Crippen molar-refractivity contribution in [3.8, 4) is 0 Å². The summed E-state index contributed by atoms with van der Waals surface area (Å²) in [6.45, 7) is 0.913. The molecule has 0 spiro atoms. The van der Waals surface area contributed by atoms with Crippen LogP contribution in [-0.2, 0) is 0 Å². The minimum absolute atomic E-state index is 0.653. The van der Waals surface area contributed by atoms with E-state index >= 15 is 0 Å². The number of piperidine rings is 1. The van der Waals surface area contributed by atoms with Crippen LogP contribution >= 0.6 is 0 Å². The summed E-state index contributed by atoms with van der Waals surface area (Å²) in [5, 5.41) is 2.87. The smallest absolute Gasteiger partial charge is 0.162 e. The summed E-state index contributed by atoms with van der Waals surface area (Å²) < 4.78 is 13.0. The number of fused-ring (bicyclic) bond motifs is 2. The molecule has 1 aliphatic heterocycles. The second-order valence-electron chi connectivity index (χ2n) is 2.96. The van der Waals surface area contributed by atoms with Crippen LogP contribution in [-0.4, -0.2) is 12.3 Å². The van der Waals surface area contributed by atoms with Crippen LogP contribution in [0.3, 0.4) is 0 Å². The van der Waals surface area contributed by atoms with Gasteiger partial charge >= 0.3 is 0 Å². The van der Waals surface area contributed by atoms with Crippen molar-refractivity contribution in [2.45, 2.75) is 25.1 Å². The highest BCUT2D eigenvalue weighted by Gasteiger charge is 2.44. The largest absolute Gasteiger partial charge is 0.285 e. The topological polar surface area (TPSA) is 12.0 Å². The van der Waals surface area contributed by atoms with Gasteiger partial charge in [0.2, 0.25) is 0 Å². The van der Waals surface area contributed by atoms with Gasteiger partial charge in [-0.15, -0.1) is 0 Å². The Morgan fingerprint density at radius 1 is 1.62 bits per heavy atom. The first-order chi connectivity index (χ1) is 3.79. The highest BCUT2D eigenvalue weighted by Crippen LogP contribution is 2.40. The van der Waals surface area contributed by atoms with Crippen molar-refractivity contribution in [1.29, 1.82) is 0 Å². The number of halogens is 1. The van der Waals surface area contributed by atoms with E-state index in [0.29, 0.717) is 5.92 Å². The Balaban J connectivity index is 2.19. The predicted molar refractivity (Wildman–Crippen MR) is 29.2 cm³/mol. The Morgan fingerprint density at radius 3 is 2.62 bits per heavy atom. The third-order valence-corrected chi connectivity index (χ3v) is 2.27. The summed E-state index contributed by atoms with van der Waals surface area (Å²) in [6, 6.07) is 0. The number of alkyl halides is 1. The molecule has 1 aliphatic carbocycles. The quantitative estimate of drug-likeness (QED) is 0.465. The lowest BCUT2D eigenvalue weighted by Gasteiger charge is -2.16. The van der Waals surface area contributed by atoms with Gasteiger partial charge in [0.1, 0.15) is 0 Å². The molecule has 1 saturated carbocycles. The monoisotopic (exact) mass is 115 g/mol. The van der Waals surface area contributed by atoms with Crippen LogP contribution < -0.4 is 5.32 Å².